The molecule has 3 N–H and O–H groups in total. The van der Waals surface area contributed by atoms with Crippen molar-refractivity contribution in [2.75, 3.05) is 12.3 Å². The Hall–Kier alpha value is -1.54. The number of rotatable bonds is 4. The molecule has 0 aromatic carbocycles. The fourth-order valence-electron chi connectivity index (χ4n) is 0.905. The van der Waals surface area contributed by atoms with E-state index in [2.05, 4.69) is 16.2 Å². The second-order valence-electron chi connectivity index (χ2n) is 2.66. The van der Waals surface area contributed by atoms with E-state index in [1.807, 2.05) is 0 Å². The van der Waals surface area contributed by atoms with E-state index in [1.54, 1.807) is 5.38 Å². The summed E-state index contributed by atoms with van der Waals surface area (Å²) in [6.45, 7) is 0.509. The van der Waals surface area contributed by atoms with E-state index < -0.39 is 0 Å². The van der Waals surface area contributed by atoms with Crippen molar-refractivity contribution >= 4 is 22.4 Å². The average molecular weight is 209 g/mol. The van der Waals surface area contributed by atoms with Crippen molar-refractivity contribution in [2.24, 2.45) is 0 Å². The van der Waals surface area contributed by atoms with Gasteiger partial charge in [-0.05, 0) is 0 Å². The standard InChI is InChI=1S/C9H11N3OS/c1-2-3-4-11-8(13)5-7-6-14-9(10)12-7/h1,6H,3-5H2,(H2,10,12)(H,11,13). The summed E-state index contributed by atoms with van der Waals surface area (Å²) in [4.78, 5) is 15.2. The average Bonchev–Trinajstić information content (AvgIpc) is 2.52. The molecule has 0 bridgehead atoms. The van der Waals surface area contributed by atoms with E-state index in [4.69, 9.17) is 12.2 Å². The number of terminal acetylenes is 1. The van der Waals surface area contributed by atoms with Crippen LogP contribution in [0.3, 0.4) is 0 Å². The van der Waals surface area contributed by atoms with Crippen LogP contribution in [0.5, 0.6) is 0 Å². The topological polar surface area (TPSA) is 68.0 Å². The highest BCUT2D eigenvalue weighted by Gasteiger charge is 2.05. The Bertz CT molecular complexity index is 353. The Kier molecular flexibility index (Phi) is 3.95. The van der Waals surface area contributed by atoms with Gasteiger partial charge in [0.25, 0.3) is 0 Å². The molecule has 0 saturated heterocycles. The van der Waals surface area contributed by atoms with Crippen LogP contribution in [0.25, 0.3) is 0 Å². The van der Waals surface area contributed by atoms with Gasteiger partial charge < -0.3 is 11.1 Å². The van der Waals surface area contributed by atoms with E-state index >= 15 is 0 Å². The molecule has 0 unspecified atom stereocenters. The number of carbonyl (C=O) groups is 1. The summed E-state index contributed by atoms with van der Waals surface area (Å²) in [5.41, 5.74) is 6.12. The van der Waals surface area contributed by atoms with E-state index in [0.29, 0.717) is 23.8 Å². The second kappa shape index (κ2) is 5.25. The van der Waals surface area contributed by atoms with Gasteiger partial charge in [0.05, 0.1) is 12.1 Å². The molecule has 1 heterocycles. The first-order valence-electron chi connectivity index (χ1n) is 4.12. The Morgan fingerprint density at radius 2 is 2.57 bits per heavy atom. The molecule has 0 radical (unpaired) electrons. The number of thiazole rings is 1. The Morgan fingerprint density at radius 3 is 3.14 bits per heavy atom. The maximum atomic E-state index is 11.2. The zero-order valence-corrected chi connectivity index (χ0v) is 8.43. The Morgan fingerprint density at radius 1 is 1.79 bits per heavy atom. The minimum absolute atomic E-state index is 0.0782. The fourth-order valence-corrected chi connectivity index (χ4v) is 1.47. The molecule has 1 aromatic rings. The van der Waals surface area contributed by atoms with Crippen LogP contribution >= 0.6 is 11.3 Å². The van der Waals surface area contributed by atoms with Crippen LogP contribution in [-0.2, 0) is 11.2 Å². The highest BCUT2D eigenvalue weighted by atomic mass is 32.1. The molecular formula is C9H11N3OS. The lowest BCUT2D eigenvalue weighted by atomic mass is 10.3. The number of hydrogen-bond acceptors (Lipinski definition) is 4. The molecule has 0 aliphatic rings. The number of anilines is 1. The van der Waals surface area contributed by atoms with Crippen LogP contribution in [0.15, 0.2) is 5.38 Å². The third-order valence-electron chi connectivity index (χ3n) is 1.50. The van der Waals surface area contributed by atoms with Crippen LogP contribution in [-0.4, -0.2) is 17.4 Å². The number of nitrogen functional groups attached to an aromatic ring is 1. The van der Waals surface area contributed by atoms with Gasteiger partial charge in [0, 0.05) is 18.3 Å². The summed E-state index contributed by atoms with van der Waals surface area (Å²) in [5.74, 6) is 2.36. The molecule has 0 atom stereocenters. The summed E-state index contributed by atoms with van der Waals surface area (Å²) < 4.78 is 0. The molecule has 14 heavy (non-hydrogen) atoms. The predicted molar refractivity (Wildman–Crippen MR) is 56.7 cm³/mol. The maximum Gasteiger partial charge on any atom is 0.226 e. The number of amides is 1. The summed E-state index contributed by atoms with van der Waals surface area (Å²) in [5, 5.41) is 4.94. The van der Waals surface area contributed by atoms with Crippen LogP contribution in [0.4, 0.5) is 5.13 Å². The molecule has 4 nitrogen and oxygen atoms in total. The maximum absolute atomic E-state index is 11.2. The number of carbonyl (C=O) groups excluding carboxylic acids is 1. The molecule has 1 rings (SSSR count). The van der Waals surface area contributed by atoms with Crippen LogP contribution in [0, 0.1) is 12.3 Å². The summed E-state index contributed by atoms with van der Waals surface area (Å²) in [7, 11) is 0. The number of aromatic nitrogens is 1. The molecule has 0 saturated carbocycles. The van der Waals surface area contributed by atoms with Crippen molar-refractivity contribution in [1.29, 1.82) is 0 Å². The highest BCUT2D eigenvalue weighted by Crippen LogP contribution is 2.10. The van der Waals surface area contributed by atoms with Crippen LogP contribution in [0.2, 0.25) is 0 Å². The van der Waals surface area contributed by atoms with Crippen molar-refractivity contribution in [1.82, 2.24) is 10.3 Å². The monoisotopic (exact) mass is 209 g/mol. The first-order chi connectivity index (χ1) is 6.72. The number of hydrogen-bond donors (Lipinski definition) is 2. The number of nitrogens with one attached hydrogen (secondary N) is 1. The van der Waals surface area contributed by atoms with Crippen LogP contribution < -0.4 is 11.1 Å². The van der Waals surface area contributed by atoms with Crippen molar-refractivity contribution in [2.45, 2.75) is 12.8 Å². The molecular weight excluding hydrogens is 198 g/mol. The quantitative estimate of drug-likeness (QED) is 0.557. The first-order valence-corrected chi connectivity index (χ1v) is 5.00. The minimum Gasteiger partial charge on any atom is -0.375 e. The molecule has 74 valence electrons. The normalized spacial score (nSPS) is 9.36. The number of nitrogens with zero attached hydrogens (tertiary/aromatic N) is 1. The van der Waals surface area contributed by atoms with Gasteiger partial charge in [0.1, 0.15) is 0 Å². The van der Waals surface area contributed by atoms with E-state index in [1.165, 1.54) is 11.3 Å². The molecule has 1 aromatic heterocycles. The lowest BCUT2D eigenvalue weighted by molar-refractivity contribution is -0.120. The molecule has 0 spiro atoms. The molecule has 1 amide bonds. The summed E-state index contributed by atoms with van der Waals surface area (Å²) in [6, 6.07) is 0. The van der Waals surface area contributed by atoms with E-state index in [-0.39, 0.29) is 12.3 Å². The molecule has 0 fully saturated rings. The van der Waals surface area contributed by atoms with E-state index in [9.17, 15) is 4.79 Å². The molecule has 0 aliphatic heterocycles. The smallest absolute Gasteiger partial charge is 0.226 e. The van der Waals surface area contributed by atoms with Gasteiger partial charge in [0.2, 0.25) is 5.91 Å². The largest absolute Gasteiger partial charge is 0.375 e. The lowest BCUT2D eigenvalue weighted by Gasteiger charge is -1.99. The van der Waals surface area contributed by atoms with Gasteiger partial charge in [0.15, 0.2) is 5.13 Å². The number of nitrogens with two attached hydrogens (primary N) is 1. The first kappa shape index (κ1) is 10.5. The van der Waals surface area contributed by atoms with Gasteiger partial charge in [-0.2, -0.15) is 0 Å². The van der Waals surface area contributed by atoms with Gasteiger partial charge in [-0.15, -0.1) is 23.7 Å². The molecule has 5 heteroatoms. The second-order valence-corrected chi connectivity index (χ2v) is 3.55. The Labute approximate surface area is 86.5 Å². The van der Waals surface area contributed by atoms with E-state index in [0.717, 1.165) is 0 Å². The van der Waals surface area contributed by atoms with Crippen molar-refractivity contribution in [3.63, 3.8) is 0 Å². The third kappa shape index (κ3) is 3.46. The summed E-state index contributed by atoms with van der Waals surface area (Å²) >= 11 is 1.33. The third-order valence-corrected chi connectivity index (χ3v) is 2.23. The van der Waals surface area contributed by atoms with Gasteiger partial charge in [-0.3, -0.25) is 4.79 Å². The van der Waals surface area contributed by atoms with Gasteiger partial charge >= 0.3 is 0 Å². The molecule has 0 aliphatic carbocycles. The van der Waals surface area contributed by atoms with Crippen molar-refractivity contribution in [3.8, 4) is 12.3 Å². The fraction of sp³-hybridized carbons (Fsp3) is 0.333. The summed E-state index contributed by atoms with van der Waals surface area (Å²) in [6.07, 6.45) is 5.85. The minimum atomic E-state index is -0.0782. The van der Waals surface area contributed by atoms with Crippen molar-refractivity contribution < 1.29 is 4.79 Å². The lowest BCUT2D eigenvalue weighted by Crippen LogP contribution is -2.25. The Balaban J connectivity index is 2.31. The van der Waals surface area contributed by atoms with Gasteiger partial charge in [-0.25, -0.2) is 4.98 Å². The van der Waals surface area contributed by atoms with Crippen LogP contribution in [0.1, 0.15) is 12.1 Å². The predicted octanol–water partition coefficient (Wildman–Crippen LogP) is 0.407. The van der Waals surface area contributed by atoms with Crippen molar-refractivity contribution in [3.05, 3.63) is 11.1 Å². The SMILES string of the molecule is C#CCCNC(=O)Cc1csc(N)n1. The zero-order valence-electron chi connectivity index (χ0n) is 7.62. The zero-order chi connectivity index (χ0) is 10.4. The van der Waals surface area contributed by atoms with Gasteiger partial charge in [-0.1, -0.05) is 0 Å². The highest BCUT2D eigenvalue weighted by molar-refractivity contribution is 7.13.